The van der Waals surface area contributed by atoms with Crippen LogP contribution in [0.15, 0.2) is 46.9 Å². The van der Waals surface area contributed by atoms with Crippen molar-refractivity contribution >= 4 is 46.4 Å². The van der Waals surface area contributed by atoms with Crippen molar-refractivity contribution in [2.75, 3.05) is 5.32 Å². The molecule has 0 aliphatic rings. The van der Waals surface area contributed by atoms with Gasteiger partial charge in [0.2, 0.25) is 0 Å². The predicted octanol–water partition coefficient (Wildman–Crippen LogP) is 6.98. The number of benzene rings is 2. The van der Waals surface area contributed by atoms with Crippen molar-refractivity contribution in [3.8, 4) is 11.5 Å². The van der Waals surface area contributed by atoms with Gasteiger partial charge < -0.3 is 19.2 Å². The topological polar surface area (TPSA) is 60.7 Å². The van der Waals surface area contributed by atoms with Crippen molar-refractivity contribution in [2.24, 2.45) is 0 Å². The predicted molar refractivity (Wildman–Crippen MR) is 110 cm³/mol. The van der Waals surface area contributed by atoms with Gasteiger partial charge in [-0.1, -0.05) is 40.9 Å². The first kappa shape index (κ1) is 22.2. The first-order valence-electron chi connectivity index (χ1n) is 8.46. The number of amides is 1. The maximum atomic E-state index is 12.6. The third-order valence-electron chi connectivity index (χ3n) is 3.81. The molecule has 0 radical (unpaired) electrons. The zero-order chi connectivity index (χ0) is 21.8. The summed E-state index contributed by atoms with van der Waals surface area (Å²) in [5.41, 5.74) is 0.839. The molecule has 0 fully saturated rings. The molecule has 0 bridgehead atoms. The summed E-state index contributed by atoms with van der Waals surface area (Å²) in [5.74, 6) is -0.319. The second-order valence-corrected chi connectivity index (χ2v) is 7.34. The van der Waals surface area contributed by atoms with Crippen LogP contribution in [0.4, 0.5) is 14.5 Å². The molecule has 0 saturated carbocycles. The number of aryl methyl sites for hydroxylation is 1. The monoisotopic (exact) mass is 475 g/mol. The highest BCUT2D eigenvalue weighted by atomic mass is 35.5. The molecule has 1 N–H and O–H groups in total. The molecule has 0 saturated heterocycles. The summed E-state index contributed by atoms with van der Waals surface area (Å²) in [7, 11) is 0. The van der Waals surface area contributed by atoms with Gasteiger partial charge in [-0.15, -0.1) is 0 Å². The van der Waals surface area contributed by atoms with Crippen LogP contribution < -0.4 is 14.8 Å². The van der Waals surface area contributed by atoms with Gasteiger partial charge in [0.25, 0.3) is 5.91 Å². The molecule has 10 heteroatoms. The summed E-state index contributed by atoms with van der Waals surface area (Å²) in [6.45, 7) is -1.34. The Morgan fingerprint density at radius 2 is 1.80 bits per heavy atom. The summed E-state index contributed by atoms with van der Waals surface area (Å²) in [5, 5.41) is 3.31. The largest absolute Gasteiger partial charge is 0.483 e. The number of alkyl halides is 2. The van der Waals surface area contributed by atoms with Gasteiger partial charge in [-0.25, -0.2) is 0 Å². The molecule has 0 aliphatic heterocycles. The Labute approximate surface area is 185 Å². The molecule has 30 heavy (non-hydrogen) atoms. The third kappa shape index (κ3) is 5.56. The van der Waals surface area contributed by atoms with Gasteiger partial charge in [0.1, 0.15) is 18.1 Å². The molecular weight excluding hydrogens is 463 g/mol. The minimum absolute atomic E-state index is 0.0496. The molecule has 3 aromatic rings. The van der Waals surface area contributed by atoms with E-state index in [2.05, 4.69) is 10.1 Å². The van der Waals surface area contributed by atoms with Crippen LogP contribution in [0.3, 0.4) is 0 Å². The molecular formula is C20H14Cl3F2NO4. The Hall–Kier alpha value is -2.48. The van der Waals surface area contributed by atoms with Crippen LogP contribution in [0.2, 0.25) is 15.1 Å². The van der Waals surface area contributed by atoms with Gasteiger partial charge >= 0.3 is 6.61 Å². The van der Waals surface area contributed by atoms with Crippen LogP contribution >= 0.6 is 34.8 Å². The van der Waals surface area contributed by atoms with Gasteiger partial charge in [0.05, 0.1) is 15.7 Å². The molecule has 158 valence electrons. The lowest BCUT2D eigenvalue weighted by Crippen LogP contribution is -2.13. The van der Waals surface area contributed by atoms with Gasteiger partial charge in [0, 0.05) is 5.02 Å². The molecule has 0 aliphatic carbocycles. The fraction of sp³-hybridized carbons (Fsp3) is 0.150. The molecule has 0 atom stereocenters. The maximum absolute atomic E-state index is 12.6. The van der Waals surface area contributed by atoms with Crippen LogP contribution in [0.25, 0.3) is 0 Å². The standard InChI is InChI=1S/C20H14Cl3F2NO4/c1-10-2-4-16(30-20(24)25)15(6-10)26-19(27)17-5-3-12(29-17)9-28-18-13(22)7-11(21)8-14(18)23/h2-8,20H,9H2,1H3,(H,26,27). The summed E-state index contributed by atoms with van der Waals surface area (Å²) in [6, 6.07) is 10.3. The molecule has 2 aromatic carbocycles. The first-order valence-corrected chi connectivity index (χ1v) is 9.59. The van der Waals surface area contributed by atoms with E-state index < -0.39 is 12.5 Å². The summed E-state index contributed by atoms with van der Waals surface area (Å²) < 4.78 is 40.6. The van der Waals surface area contributed by atoms with Gasteiger partial charge in [-0.3, -0.25) is 4.79 Å². The van der Waals surface area contributed by atoms with E-state index in [4.69, 9.17) is 44.0 Å². The zero-order valence-corrected chi connectivity index (χ0v) is 17.6. The average Bonchev–Trinajstić information content (AvgIpc) is 3.12. The minimum Gasteiger partial charge on any atom is -0.483 e. The molecule has 1 heterocycles. The van der Waals surface area contributed by atoms with Crippen LogP contribution in [-0.4, -0.2) is 12.5 Å². The van der Waals surface area contributed by atoms with Gasteiger partial charge in [-0.2, -0.15) is 8.78 Å². The van der Waals surface area contributed by atoms with Gasteiger partial charge in [0.15, 0.2) is 11.5 Å². The van der Waals surface area contributed by atoms with Crippen LogP contribution in [0.5, 0.6) is 11.5 Å². The van der Waals surface area contributed by atoms with E-state index in [1.807, 2.05) is 0 Å². The summed E-state index contributed by atoms with van der Waals surface area (Å²) in [6.07, 6.45) is 0. The van der Waals surface area contributed by atoms with Gasteiger partial charge in [-0.05, 0) is 48.9 Å². The van der Waals surface area contributed by atoms with Crippen molar-refractivity contribution in [3.63, 3.8) is 0 Å². The highest BCUT2D eigenvalue weighted by Gasteiger charge is 2.17. The summed E-state index contributed by atoms with van der Waals surface area (Å²) in [4.78, 5) is 12.5. The number of furan rings is 1. The van der Waals surface area contributed by atoms with E-state index in [1.165, 1.54) is 36.4 Å². The fourth-order valence-electron chi connectivity index (χ4n) is 2.51. The summed E-state index contributed by atoms with van der Waals surface area (Å²) >= 11 is 18.0. The number of anilines is 1. The Morgan fingerprint density at radius 3 is 2.47 bits per heavy atom. The number of nitrogens with one attached hydrogen (secondary N) is 1. The Morgan fingerprint density at radius 1 is 1.10 bits per heavy atom. The minimum atomic E-state index is -3.03. The number of carbonyl (C=O) groups excluding carboxylic acids is 1. The number of carbonyl (C=O) groups is 1. The Balaban J connectivity index is 1.69. The first-order chi connectivity index (χ1) is 14.2. The maximum Gasteiger partial charge on any atom is 0.387 e. The SMILES string of the molecule is Cc1ccc(OC(F)F)c(NC(=O)c2ccc(COc3c(Cl)cc(Cl)cc3Cl)o2)c1. The van der Waals surface area contributed by atoms with E-state index in [0.717, 1.165) is 5.56 Å². The van der Waals surface area contributed by atoms with Crippen molar-refractivity contribution in [1.82, 2.24) is 0 Å². The molecule has 3 rings (SSSR count). The average molecular weight is 477 g/mol. The Kier molecular flexibility index (Phi) is 7.07. The molecule has 1 amide bonds. The number of ether oxygens (including phenoxy) is 2. The van der Waals surface area contributed by atoms with Crippen molar-refractivity contribution in [3.05, 3.63) is 74.6 Å². The highest BCUT2D eigenvalue weighted by Crippen LogP contribution is 2.36. The second kappa shape index (κ2) is 9.55. The molecule has 1 aromatic heterocycles. The zero-order valence-electron chi connectivity index (χ0n) is 15.3. The normalized spacial score (nSPS) is 10.9. The second-order valence-electron chi connectivity index (χ2n) is 6.09. The number of hydrogen-bond acceptors (Lipinski definition) is 4. The Bertz CT molecular complexity index is 1050. The fourth-order valence-corrected chi connectivity index (χ4v) is 3.44. The van der Waals surface area contributed by atoms with E-state index in [9.17, 15) is 13.6 Å². The lowest BCUT2D eigenvalue weighted by Gasteiger charge is -2.12. The molecule has 5 nitrogen and oxygen atoms in total. The highest BCUT2D eigenvalue weighted by molar-refractivity contribution is 6.40. The number of rotatable bonds is 7. The lowest BCUT2D eigenvalue weighted by molar-refractivity contribution is -0.0493. The number of hydrogen-bond donors (Lipinski definition) is 1. The van der Waals surface area contributed by atoms with Crippen LogP contribution in [0.1, 0.15) is 21.9 Å². The quantitative estimate of drug-likeness (QED) is 0.399. The molecule has 0 spiro atoms. The molecule has 0 unspecified atom stereocenters. The smallest absolute Gasteiger partial charge is 0.387 e. The van der Waals surface area contributed by atoms with E-state index >= 15 is 0 Å². The van der Waals surface area contributed by atoms with Crippen molar-refractivity contribution in [1.29, 1.82) is 0 Å². The third-order valence-corrected chi connectivity index (χ3v) is 4.59. The van der Waals surface area contributed by atoms with E-state index in [-0.39, 0.29) is 39.6 Å². The van der Waals surface area contributed by atoms with Crippen molar-refractivity contribution in [2.45, 2.75) is 20.1 Å². The van der Waals surface area contributed by atoms with Crippen molar-refractivity contribution < 1.29 is 27.5 Å². The van der Waals surface area contributed by atoms with E-state index in [0.29, 0.717) is 10.8 Å². The van der Waals surface area contributed by atoms with Crippen LogP contribution in [0, 0.1) is 6.92 Å². The number of halogens is 5. The van der Waals surface area contributed by atoms with Crippen LogP contribution in [-0.2, 0) is 6.61 Å². The van der Waals surface area contributed by atoms with E-state index in [1.54, 1.807) is 13.0 Å². The lowest BCUT2D eigenvalue weighted by atomic mass is 10.2.